The highest BCUT2D eigenvalue weighted by molar-refractivity contribution is 4.88. The molecule has 0 heterocycles. The molecule has 20 heavy (non-hydrogen) atoms. The second-order valence-corrected chi connectivity index (χ2v) is 6.83. The minimum absolute atomic E-state index is 0.370. The molecule has 2 atom stereocenters. The van der Waals surface area contributed by atoms with Crippen molar-refractivity contribution in [3.8, 4) is 0 Å². The fourth-order valence-corrected chi connectivity index (χ4v) is 3.72. The number of hydrogen-bond donors (Lipinski definition) is 1. The highest BCUT2D eigenvalue weighted by Crippen LogP contribution is 2.34. The van der Waals surface area contributed by atoms with Crippen LogP contribution in [0.4, 0.5) is 0 Å². The zero-order chi connectivity index (χ0) is 15.0. The van der Waals surface area contributed by atoms with E-state index in [1.54, 1.807) is 0 Å². The van der Waals surface area contributed by atoms with E-state index in [4.69, 9.17) is 4.74 Å². The zero-order valence-electron chi connectivity index (χ0n) is 14.5. The molecule has 2 nitrogen and oxygen atoms in total. The molecule has 0 aliphatic heterocycles. The molecular weight excluding hydrogens is 246 g/mol. The number of nitrogens with one attached hydrogen (secondary N) is 1. The first-order valence-electron chi connectivity index (χ1n) is 8.98. The lowest BCUT2D eigenvalue weighted by atomic mass is 9.75. The van der Waals surface area contributed by atoms with Crippen molar-refractivity contribution in [2.24, 2.45) is 17.8 Å². The van der Waals surface area contributed by atoms with Crippen molar-refractivity contribution in [1.29, 1.82) is 0 Å². The van der Waals surface area contributed by atoms with Gasteiger partial charge in [-0.15, -0.1) is 0 Å². The van der Waals surface area contributed by atoms with Crippen LogP contribution in [0.5, 0.6) is 0 Å². The van der Waals surface area contributed by atoms with Crippen molar-refractivity contribution < 1.29 is 4.74 Å². The van der Waals surface area contributed by atoms with Crippen LogP contribution in [0, 0.1) is 17.8 Å². The molecule has 0 aromatic carbocycles. The van der Waals surface area contributed by atoms with Crippen LogP contribution in [-0.2, 0) is 4.74 Å². The van der Waals surface area contributed by atoms with Crippen molar-refractivity contribution in [2.75, 3.05) is 13.2 Å². The minimum atomic E-state index is 0.370. The first-order valence-corrected chi connectivity index (χ1v) is 8.98. The lowest BCUT2D eigenvalue weighted by Crippen LogP contribution is -2.50. The van der Waals surface area contributed by atoms with Crippen molar-refractivity contribution in [3.63, 3.8) is 0 Å². The van der Waals surface area contributed by atoms with Crippen LogP contribution in [0.15, 0.2) is 0 Å². The molecule has 1 fully saturated rings. The van der Waals surface area contributed by atoms with Gasteiger partial charge in [0.1, 0.15) is 0 Å². The molecule has 1 N–H and O–H groups in total. The van der Waals surface area contributed by atoms with Crippen LogP contribution in [0.1, 0.15) is 73.1 Å². The summed E-state index contributed by atoms with van der Waals surface area (Å²) in [6.45, 7) is 13.3. The van der Waals surface area contributed by atoms with Crippen molar-refractivity contribution in [1.82, 2.24) is 5.32 Å². The van der Waals surface area contributed by atoms with Gasteiger partial charge in [0.05, 0.1) is 6.10 Å². The summed E-state index contributed by atoms with van der Waals surface area (Å²) in [5.41, 5.74) is 0. The zero-order valence-corrected chi connectivity index (χ0v) is 14.5. The Balaban J connectivity index is 2.66. The maximum Gasteiger partial charge on any atom is 0.0753 e. The molecule has 120 valence electrons. The molecule has 2 unspecified atom stereocenters. The number of ether oxygens (including phenoxy) is 1. The Kier molecular flexibility index (Phi) is 8.79. The van der Waals surface area contributed by atoms with Crippen LogP contribution < -0.4 is 5.32 Å². The van der Waals surface area contributed by atoms with E-state index in [-0.39, 0.29) is 0 Å². The summed E-state index contributed by atoms with van der Waals surface area (Å²) in [4.78, 5) is 0. The van der Waals surface area contributed by atoms with Crippen molar-refractivity contribution in [3.05, 3.63) is 0 Å². The van der Waals surface area contributed by atoms with Gasteiger partial charge in [0, 0.05) is 12.6 Å². The Morgan fingerprint density at radius 3 is 2.15 bits per heavy atom. The van der Waals surface area contributed by atoms with Crippen LogP contribution in [0.3, 0.4) is 0 Å². The van der Waals surface area contributed by atoms with Gasteiger partial charge in [-0.05, 0) is 50.5 Å². The predicted molar refractivity (Wildman–Crippen MR) is 88.1 cm³/mol. The third-order valence-corrected chi connectivity index (χ3v) is 4.98. The Bertz CT molecular complexity index is 234. The molecule has 1 aliphatic rings. The standard InChI is InChI=1S/C18H37NO/c1-6-13-19-17(18(14(4)5)20-8-3)16-11-9-15(7-2)10-12-16/h14-19H,6-13H2,1-5H3. The first kappa shape index (κ1) is 18.0. The summed E-state index contributed by atoms with van der Waals surface area (Å²) < 4.78 is 6.11. The highest BCUT2D eigenvalue weighted by atomic mass is 16.5. The van der Waals surface area contributed by atoms with Crippen LogP contribution in [-0.4, -0.2) is 25.3 Å². The molecule has 0 saturated heterocycles. The van der Waals surface area contributed by atoms with E-state index in [2.05, 4.69) is 39.9 Å². The summed E-state index contributed by atoms with van der Waals surface area (Å²) in [5.74, 6) is 2.37. The SMILES string of the molecule is CCCNC(C1CCC(CC)CC1)C(OCC)C(C)C. The Morgan fingerprint density at radius 1 is 1.05 bits per heavy atom. The van der Waals surface area contributed by atoms with Gasteiger partial charge in [-0.25, -0.2) is 0 Å². The molecule has 0 aromatic rings. The van der Waals surface area contributed by atoms with E-state index in [9.17, 15) is 0 Å². The molecule has 1 rings (SSSR count). The number of hydrogen-bond acceptors (Lipinski definition) is 2. The largest absolute Gasteiger partial charge is 0.377 e. The summed E-state index contributed by atoms with van der Waals surface area (Å²) >= 11 is 0. The van der Waals surface area contributed by atoms with Crippen LogP contribution in [0.25, 0.3) is 0 Å². The fraction of sp³-hybridized carbons (Fsp3) is 1.00. The van der Waals surface area contributed by atoms with Gasteiger partial charge >= 0.3 is 0 Å². The highest BCUT2D eigenvalue weighted by Gasteiger charge is 2.33. The van der Waals surface area contributed by atoms with Gasteiger partial charge in [-0.1, -0.05) is 47.0 Å². The normalized spacial score (nSPS) is 26.7. The molecule has 0 amide bonds. The quantitative estimate of drug-likeness (QED) is 0.666. The lowest BCUT2D eigenvalue weighted by Gasteiger charge is -2.39. The Hall–Kier alpha value is -0.0800. The summed E-state index contributed by atoms with van der Waals surface area (Å²) in [6.07, 6.45) is 8.54. The predicted octanol–water partition coefficient (Wildman–Crippen LogP) is 4.63. The van der Waals surface area contributed by atoms with E-state index >= 15 is 0 Å². The average Bonchev–Trinajstić information content (AvgIpc) is 2.46. The summed E-state index contributed by atoms with van der Waals surface area (Å²) in [5, 5.41) is 3.81. The molecule has 0 aromatic heterocycles. The Morgan fingerprint density at radius 2 is 1.70 bits per heavy atom. The molecule has 1 saturated carbocycles. The van der Waals surface area contributed by atoms with Crippen LogP contribution >= 0.6 is 0 Å². The van der Waals surface area contributed by atoms with E-state index < -0.39 is 0 Å². The second kappa shape index (κ2) is 9.78. The maximum absolute atomic E-state index is 6.11. The van der Waals surface area contributed by atoms with Gasteiger partial charge in [0.15, 0.2) is 0 Å². The summed E-state index contributed by atoms with van der Waals surface area (Å²) in [7, 11) is 0. The topological polar surface area (TPSA) is 21.3 Å². The van der Waals surface area contributed by atoms with Crippen molar-refractivity contribution >= 4 is 0 Å². The van der Waals surface area contributed by atoms with Crippen LogP contribution in [0.2, 0.25) is 0 Å². The van der Waals surface area contributed by atoms with E-state index in [0.29, 0.717) is 18.1 Å². The first-order chi connectivity index (χ1) is 9.63. The van der Waals surface area contributed by atoms with E-state index in [0.717, 1.165) is 25.0 Å². The maximum atomic E-state index is 6.11. The van der Waals surface area contributed by atoms with Gasteiger partial charge in [-0.3, -0.25) is 0 Å². The number of rotatable bonds is 9. The minimum Gasteiger partial charge on any atom is -0.377 e. The van der Waals surface area contributed by atoms with Crippen molar-refractivity contribution in [2.45, 2.75) is 85.3 Å². The van der Waals surface area contributed by atoms with E-state index in [1.165, 1.54) is 38.5 Å². The summed E-state index contributed by atoms with van der Waals surface area (Å²) in [6, 6.07) is 0.549. The van der Waals surface area contributed by atoms with Gasteiger partial charge < -0.3 is 10.1 Å². The van der Waals surface area contributed by atoms with Gasteiger partial charge in [0.25, 0.3) is 0 Å². The third kappa shape index (κ3) is 5.37. The monoisotopic (exact) mass is 283 g/mol. The molecule has 0 spiro atoms. The lowest BCUT2D eigenvalue weighted by molar-refractivity contribution is -0.0188. The Labute approximate surface area is 127 Å². The second-order valence-electron chi connectivity index (χ2n) is 6.83. The molecular formula is C18H37NO. The molecule has 0 bridgehead atoms. The smallest absolute Gasteiger partial charge is 0.0753 e. The average molecular weight is 283 g/mol. The van der Waals surface area contributed by atoms with Gasteiger partial charge in [0.2, 0.25) is 0 Å². The van der Waals surface area contributed by atoms with Gasteiger partial charge in [-0.2, -0.15) is 0 Å². The fourth-order valence-electron chi connectivity index (χ4n) is 3.72. The molecule has 0 radical (unpaired) electrons. The molecule has 2 heteroatoms. The van der Waals surface area contributed by atoms with E-state index in [1.807, 2.05) is 0 Å². The molecule has 1 aliphatic carbocycles. The third-order valence-electron chi connectivity index (χ3n) is 4.98.